The van der Waals surface area contributed by atoms with Crippen molar-refractivity contribution >= 4 is 34.1 Å². The Labute approximate surface area is 221 Å². The van der Waals surface area contributed by atoms with Gasteiger partial charge in [0.1, 0.15) is 18.5 Å². The SMILES string of the molecule is OCCOc1cccc2c(CCSCC(O)COC(c3ccccc3)c3ccc(Cl)cc3)cccc12. The number of aliphatic hydroxyl groups excluding tert-OH is 2. The molecule has 2 unspecified atom stereocenters. The van der Waals surface area contributed by atoms with Crippen LogP contribution in [0.2, 0.25) is 5.02 Å². The summed E-state index contributed by atoms with van der Waals surface area (Å²) in [7, 11) is 0. The number of aliphatic hydroxyl groups is 2. The van der Waals surface area contributed by atoms with Crippen molar-refractivity contribution in [3.63, 3.8) is 0 Å². The number of thioether (sulfide) groups is 1. The van der Waals surface area contributed by atoms with Crippen molar-refractivity contribution < 1.29 is 19.7 Å². The number of fused-ring (bicyclic) bond motifs is 1. The Hall–Kier alpha value is -2.54. The van der Waals surface area contributed by atoms with Crippen molar-refractivity contribution in [2.24, 2.45) is 0 Å². The molecule has 0 aliphatic heterocycles. The summed E-state index contributed by atoms with van der Waals surface area (Å²) in [4.78, 5) is 0. The Bertz CT molecular complexity index is 1220. The van der Waals surface area contributed by atoms with E-state index in [4.69, 9.17) is 26.2 Å². The highest BCUT2D eigenvalue weighted by atomic mass is 35.5. The summed E-state index contributed by atoms with van der Waals surface area (Å²) in [5.74, 6) is 2.27. The second-order valence-corrected chi connectivity index (χ2v) is 10.1. The number of hydrogen-bond donors (Lipinski definition) is 2. The molecule has 0 radical (unpaired) electrons. The summed E-state index contributed by atoms with van der Waals surface area (Å²) in [5, 5.41) is 22.6. The lowest BCUT2D eigenvalue weighted by Gasteiger charge is -2.21. The van der Waals surface area contributed by atoms with Crippen LogP contribution in [0.4, 0.5) is 0 Å². The van der Waals surface area contributed by atoms with E-state index in [1.807, 2.05) is 78.9 Å². The zero-order chi connectivity index (χ0) is 25.2. The molecule has 0 bridgehead atoms. The predicted octanol–water partition coefficient (Wildman–Crippen LogP) is 6.31. The van der Waals surface area contributed by atoms with Crippen molar-refractivity contribution in [1.82, 2.24) is 0 Å². The van der Waals surface area contributed by atoms with Gasteiger partial charge in [0.2, 0.25) is 0 Å². The first kappa shape index (κ1) is 26.5. The summed E-state index contributed by atoms with van der Waals surface area (Å²) < 4.78 is 11.9. The fourth-order valence-electron chi connectivity index (χ4n) is 4.15. The number of aryl methyl sites for hydroxylation is 1. The summed E-state index contributed by atoms with van der Waals surface area (Å²) in [5.41, 5.74) is 3.29. The van der Waals surface area contributed by atoms with Gasteiger partial charge in [-0.2, -0.15) is 11.8 Å². The van der Waals surface area contributed by atoms with Crippen LogP contribution in [0, 0.1) is 0 Å². The maximum Gasteiger partial charge on any atom is 0.127 e. The molecular formula is C30H31ClO4S. The molecular weight excluding hydrogens is 492 g/mol. The number of hydrogen-bond acceptors (Lipinski definition) is 5. The average molecular weight is 523 g/mol. The van der Waals surface area contributed by atoms with E-state index in [0.29, 0.717) is 10.8 Å². The largest absolute Gasteiger partial charge is 0.491 e. The van der Waals surface area contributed by atoms with Crippen LogP contribution in [-0.2, 0) is 11.2 Å². The van der Waals surface area contributed by atoms with Crippen LogP contribution < -0.4 is 4.74 Å². The first-order valence-electron chi connectivity index (χ1n) is 12.1. The van der Waals surface area contributed by atoms with Crippen molar-refractivity contribution in [3.8, 4) is 5.75 Å². The van der Waals surface area contributed by atoms with Crippen molar-refractivity contribution in [3.05, 3.63) is 113 Å². The highest BCUT2D eigenvalue weighted by Crippen LogP contribution is 2.30. The van der Waals surface area contributed by atoms with Gasteiger partial charge in [-0.25, -0.2) is 0 Å². The lowest BCUT2D eigenvalue weighted by molar-refractivity contribution is 0.0155. The molecule has 0 spiro atoms. The first-order chi connectivity index (χ1) is 17.7. The predicted molar refractivity (Wildman–Crippen MR) is 149 cm³/mol. The summed E-state index contributed by atoms with van der Waals surface area (Å²) in [6.07, 6.45) is 0.0526. The van der Waals surface area contributed by atoms with Gasteiger partial charge in [0, 0.05) is 16.2 Å². The summed E-state index contributed by atoms with van der Waals surface area (Å²) >= 11 is 7.78. The third kappa shape index (κ3) is 7.25. The summed E-state index contributed by atoms with van der Waals surface area (Å²) in [6, 6.07) is 29.9. The molecule has 2 atom stereocenters. The van der Waals surface area contributed by atoms with Gasteiger partial charge in [-0.05, 0) is 52.4 Å². The normalized spacial score (nSPS) is 13.0. The quantitative estimate of drug-likeness (QED) is 0.202. The molecule has 0 amide bonds. The van der Waals surface area contributed by atoms with E-state index in [9.17, 15) is 5.11 Å². The third-order valence-electron chi connectivity index (χ3n) is 5.88. The number of benzene rings is 4. The van der Waals surface area contributed by atoms with E-state index < -0.39 is 6.10 Å². The topological polar surface area (TPSA) is 58.9 Å². The fourth-order valence-corrected chi connectivity index (χ4v) is 5.18. The van der Waals surface area contributed by atoms with Gasteiger partial charge in [0.15, 0.2) is 0 Å². The van der Waals surface area contributed by atoms with Gasteiger partial charge >= 0.3 is 0 Å². The van der Waals surface area contributed by atoms with Crippen LogP contribution in [0.25, 0.3) is 10.8 Å². The smallest absolute Gasteiger partial charge is 0.127 e. The molecule has 4 nitrogen and oxygen atoms in total. The van der Waals surface area contributed by atoms with E-state index >= 15 is 0 Å². The Morgan fingerprint density at radius 2 is 1.53 bits per heavy atom. The molecule has 2 N–H and O–H groups in total. The molecule has 36 heavy (non-hydrogen) atoms. The molecule has 0 aliphatic rings. The minimum absolute atomic E-state index is 0.00937. The highest BCUT2D eigenvalue weighted by Gasteiger charge is 2.17. The molecule has 6 heteroatoms. The maximum absolute atomic E-state index is 10.6. The molecule has 4 aromatic carbocycles. The van der Waals surface area contributed by atoms with Crippen LogP contribution in [0.15, 0.2) is 91.0 Å². The number of halogens is 1. The van der Waals surface area contributed by atoms with E-state index in [1.54, 1.807) is 11.8 Å². The van der Waals surface area contributed by atoms with E-state index in [0.717, 1.165) is 39.8 Å². The van der Waals surface area contributed by atoms with Crippen molar-refractivity contribution in [2.45, 2.75) is 18.6 Å². The van der Waals surface area contributed by atoms with Gasteiger partial charge < -0.3 is 19.7 Å². The molecule has 188 valence electrons. The standard InChI is InChI=1S/C30H31ClO4S/c31-25-14-12-24(13-15-25)30(23-6-2-1-3-7-23)35-20-26(33)21-36-19-16-22-8-4-10-28-27(22)9-5-11-29(28)34-18-17-32/h1-15,26,30,32-33H,16-21H2. The lowest BCUT2D eigenvalue weighted by Crippen LogP contribution is -2.21. The van der Waals surface area contributed by atoms with E-state index in [2.05, 4.69) is 12.1 Å². The zero-order valence-electron chi connectivity index (χ0n) is 20.1. The second kappa shape index (κ2) is 13.7. The Morgan fingerprint density at radius 3 is 2.31 bits per heavy atom. The molecule has 0 heterocycles. The molecule has 0 fully saturated rings. The maximum atomic E-state index is 10.6. The number of rotatable bonds is 13. The van der Waals surface area contributed by atoms with Gasteiger partial charge in [-0.3, -0.25) is 0 Å². The van der Waals surface area contributed by atoms with Crippen LogP contribution in [-0.4, -0.2) is 47.6 Å². The van der Waals surface area contributed by atoms with E-state index in [-0.39, 0.29) is 25.9 Å². The van der Waals surface area contributed by atoms with Gasteiger partial charge in [-0.1, -0.05) is 84.4 Å². The average Bonchev–Trinajstić information content (AvgIpc) is 2.91. The Kier molecular flexibility index (Phi) is 10.1. The van der Waals surface area contributed by atoms with Crippen LogP contribution >= 0.6 is 23.4 Å². The Balaban J connectivity index is 1.30. The molecule has 4 rings (SSSR count). The molecule has 0 saturated heterocycles. The van der Waals surface area contributed by atoms with Gasteiger partial charge in [-0.15, -0.1) is 0 Å². The van der Waals surface area contributed by atoms with Crippen molar-refractivity contribution in [1.29, 1.82) is 0 Å². The van der Waals surface area contributed by atoms with Gasteiger partial charge in [0.05, 0.1) is 19.3 Å². The van der Waals surface area contributed by atoms with Crippen LogP contribution in [0.5, 0.6) is 5.75 Å². The van der Waals surface area contributed by atoms with Crippen LogP contribution in [0.3, 0.4) is 0 Å². The third-order valence-corrected chi connectivity index (χ3v) is 7.24. The van der Waals surface area contributed by atoms with Gasteiger partial charge in [0.25, 0.3) is 0 Å². The van der Waals surface area contributed by atoms with E-state index in [1.165, 1.54) is 5.56 Å². The number of ether oxygens (including phenoxy) is 2. The van der Waals surface area contributed by atoms with Crippen LogP contribution in [0.1, 0.15) is 22.8 Å². The molecule has 0 aromatic heterocycles. The zero-order valence-corrected chi connectivity index (χ0v) is 21.6. The highest BCUT2D eigenvalue weighted by molar-refractivity contribution is 7.99. The molecule has 0 aliphatic carbocycles. The van der Waals surface area contributed by atoms with Crippen molar-refractivity contribution in [2.75, 3.05) is 31.3 Å². The summed E-state index contributed by atoms with van der Waals surface area (Å²) in [6.45, 7) is 0.516. The monoisotopic (exact) mass is 522 g/mol. The minimum atomic E-state index is -0.570. The molecule has 4 aromatic rings. The minimum Gasteiger partial charge on any atom is -0.491 e. The second-order valence-electron chi connectivity index (χ2n) is 8.49. The lowest BCUT2D eigenvalue weighted by atomic mass is 10.0. The molecule has 0 saturated carbocycles. The fraction of sp³-hybridized carbons (Fsp3) is 0.267. The Morgan fingerprint density at radius 1 is 0.806 bits per heavy atom. The first-order valence-corrected chi connectivity index (χ1v) is 13.6.